The summed E-state index contributed by atoms with van der Waals surface area (Å²) in [5.74, 6) is 0.106. The number of hydrogen-bond donors (Lipinski definition) is 1. The second-order valence-corrected chi connectivity index (χ2v) is 7.67. The van der Waals surface area contributed by atoms with Crippen molar-refractivity contribution in [1.82, 2.24) is 10.2 Å². The van der Waals surface area contributed by atoms with Gasteiger partial charge in [0.05, 0.1) is 12.2 Å². The first-order valence-electron chi connectivity index (χ1n) is 9.28. The number of hydrogen-bond acceptors (Lipinski definition) is 4. The Hall–Kier alpha value is -2.57. The molecule has 1 atom stereocenters. The molecular formula is C20H29N3O4. The molecule has 1 aromatic rings. The van der Waals surface area contributed by atoms with Crippen molar-refractivity contribution in [2.75, 3.05) is 24.5 Å². The third kappa shape index (κ3) is 5.45. The quantitative estimate of drug-likeness (QED) is 0.824. The zero-order chi connectivity index (χ0) is 20.2. The lowest BCUT2D eigenvalue weighted by Crippen LogP contribution is -2.48. The van der Waals surface area contributed by atoms with Crippen LogP contribution in [0.4, 0.5) is 5.69 Å². The molecule has 0 aliphatic carbocycles. The molecular weight excluding hydrogens is 346 g/mol. The number of para-hydroxylation sites is 2. The summed E-state index contributed by atoms with van der Waals surface area (Å²) < 4.78 is 5.61. The number of nitrogens with one attached hydrogen (secondary N) is 1. The summed E-state index contributed by atoms with van der Waals surface area (Å²) in [4.78, 5) is 40.3. The molecule has 1 aliphatic heterocycles. The predicted molar refractivity (Wildman–Crippen MR) is 104 cm³/mol. The van der Waals surface area contributed by atoms with Gasteiger partial charge in [-0.3, -0.25) is 14.4 Å². The third-order valence-electron chi connectivity index (χ3n) is 4.21. The molecule has 0 aromatic heterocycles. The summed E-state index contributed by atoms with van der Waals surface area (Å²) in [7, 11) is 0. The number of rotatable bonds is 6. The number of carbonyl (C=O) groups excluding carboxylic acids is 3. The first-order valence-corrected chi connectivity index (χ1v) is 9.28. The van der Waals surface area contributed by atoms with Crippen LogP contribution in [0.1, 0.15) is 41.0 Å². The second-order valence-electron chi connectivity index (χ2n) is 7.67. The topological polar surface area (TPSA) is 79.0 Å². The molecule has 0 bridgehead atoms. The van der Waals surface area contributed by atoms with Crippen molar-refractivity contribution in [3.8, 4) is 5.75 Å². The van der Waals surface area contributed by atoms with E-state index in [-0.39, 0.29) is 42.8 Å². The van der Waals surface area contributed by atoms with Crippen LogP contribution in [0.25, 0.3) is 0 Å². The highest BCUT2D eigenvalue weighted by molar-refractivity contribution is 6.00. The molecule has 1 aliphatic rings. The summed E-state index contributed by atoms with van der Waals surface area (Å²) in [6.07, 6.45) is -0.446. The summed E-state index contributed by atoms with van der Waals surface area (Å²) in [6, 6.07) is 7.28. The number of ether oxygens (including phenoxy) is 1. The molecule has 1 aromatic carbocycles. The van der Waals surface area contributed by atoms with Crippen molar-refractivity contribution < 1.29 is 19.1 Å². The molecule has 7 heteroatoms. The Balaban J connectivity index is 2.01. The maximum Gasteiger partial charge on any atom is 0.267 e. The van der Waals surface area contributed by atoms with E-state index in [2.05, 4.69) is 5.32 Å². The van der Waals surface area contributed by atoms with Gasteiger partial charge in [-0.1, -0.05) is 12.1 Å². The lowest BCUT2D eigenvalue weighted by atomic mass is 10.1. The first kappa shape index (κ1) is 20.7. The molecule has 0 saturated heterocycles. The van der Waals surface area contributed by atoms with Gasteiger partial charge in [-0.05, 0) is 46.8 Å². The van der Waals surface area contributed by atoms with E-state index in [1.807, 2.05) is 45.9 Å². The van der Waals surface area contributed by atoms with Crippen molar-refractivity contribution >= 4 is 23.4 Å². The fourth-order valence-electron chi connectivity index (χ4n) is 2.96. The second kappa shape index (κ2) is 8.41. The van der Waals surface area contributed by atoms with Crippen LogP contribution in [0.15, 0.2) is 24.3 Å². The minimum atomic E-state index is -0.588. The predicted octanol–water partition coefficient (Wildman–Crippen LogP) is 1.95. The molecule has 7 nitrogen and oxygen atoms in total. The van der Waals surface area contributed by atoms with E-state index >= 15 is 0 Å². The van der Waals surface area contributed by atoms with Crippen molar-refractivity contribution in [3.63, 3.8) is 0 Å². The van der Waals surface area contributed by atoms with Crippen LogP contribution < -0.4 is 15.0 Å². The molecule has 1 unspecified atom stereocenters. The number of fused-ring (bicyclic) bond motifs is 1. The van der Waals surface area contributed by atoms with Gasteiger partial charge in [-0.15, -0.1) is 0 Å². The number of carbonyl (C=O) groups is 3. The van der Waals surface area contributed by atoms with Gasteiger partial charge < -0.3 is 19.9 Å². The highest BCUT2D eigenvalue weighted by Gasteiger charge is 2.31. The van der Waals surface area contributed by atoms with E-state index < -0.39 is 6.10 Å². The van der Waals surface area contributed by atoms with Gasteiger partial charge in [0.1, 0.15) is 5.75 Å². The molecule has 0 saturated carbocycles. The molecule has 3 amide bonds. The Morgan fingerprint density at radius 3 is 2.56 bits per heavy atom. The van der Waals surface area contributed by atoms with Gasteiger partial charge in [0.25, 0.3) is 5.91 Å². The van der Waals surface area contributed by atoms with E-state index in [0.29, 0.717) is 18.0 Å². The van der Waals surface area contributed by atoms with Gasteiger partial charge in [0, 0.05) is 25.0 Å². The fraction of sp³-hybridized carbons (Fsp3) is 0.550. The summed E-state index contributed by atoms with van der Waals surface area (Å²) in [6.45, 7) is 9.90. The molecule has 27 heavy (non-hydrogen) atoms. The van der Waals surface area contributed by atoms with Crippen LogP contribution >= 0.6 is 0 Å². The van der Waals surface area contributed by atoms with Crippen molar-refractivity contribution in [1.29, 1.82) is 0 Å². The van der Waals surface area contributed by atoms with Crippen LogP contribution in [0.5, 0.6) is 5.75 Å². The zero-order valence-electron chi connectivity index (χ0n) is 16.7. The molecule has 0 spiro atoms. The third-order valence-corrected chi connectivity index (χ3v) is 4.21. The van der Waals surface area contributed by atoms with E-state index in [9.17, 15) is 14.4 Å². The summed E-state index contributed by atoms with van der Waals surface area (Å²) in [5, 5.41) is 2.86. The average Bonchev–Trinajstić information content (AvgIpc) is 2.58. The van der Waals surface area contributed by atoms with Gasteiger partial charge >= 0.3 is 0 Å². The van der Waals surface area contributed by atoms with Gasteiger partial charge in [0.2, 0.25) is 11.8 Å². The highest BCUT2D eigenvalue weighted by atomic mass is 16.5. The van der Waals surface area contributed by atoms with Crippen LogP contribution in [-0.2, 0) is 14.4 Å². The molecule has 0 fully saturated rings. The van der Waals surface area contributed by atoms with Crippen molar-refractivity contribution in [3.05, 3.63) is 24.3 Å². The minimum Gasteiger partial charge on any atom is -0.479 e. The number of amides is 3. The van der Waals surface area contributed by atoms with Gasteiger partial charge in [-0.2, -0.15) is 0 Å². The maximum atomic E-state index is 12.6. The zero-order valence-corrected chi connectivity index (χ0v) is 16.7. The summed E-state index contributed by atoms with van der Waals surface area (Å²) >= 11 is 0. The Kier molecular flexibility index (Phi) is 6.46. The van der Waals surface area contributed by atoms with Crippen molar-refractivity contribution in [2.24, 2.45) is 0 Å². The molecule has 1 heterocycles. The van der Waals surface area contributed by atoms with Crippen LogP contribution in [0.3, 0.4) is 0 Å². The lowest BCUT2D eigenvalue weighted by Gasteiger charge is -2.33. The summed E-state index contributed by atoms with van der Waals surface area (Å²) in [5.41, 5.74) is 0.321. The number of benzene rings is 1. The van der Waals surface area contributed by atoms with E-state index in [1.165, 1.54) is 4.90 Å². The van der Waals surface area contributed by atoms with Crippen LogP contribution in [0.2, 0.25) is 0 Å². The lowest BCUT2D eigenvalue weighted by molar-refractivity contribution is -0.136. The molecule has 1 N–H and O–H groups in total. The Morgan fingerprint density at radius 1 is 1.26 bits per heavy atom. The van der Waals surface area contributed by atoms with E-state index in [1.54, 1.807) is 17.9 Å². The average molecular weight is 375 g/mol. The SMILES string of the molecule is CCN(CC(=O)NC(C)(C)C)C(=O)CCN1C(=O)C(C)Oc2ccccc21. The normalized spacial score (nSPS) is 16.4. The molecule has 0 radical (unpaired) electrons. The Bertz CT molecular complexity index is 711. The largest absolute Gasteiger partial charge is 0.479 e. The number of likely N-dealkylation sites (N-methyl/N-ethyl adjacent to an activating group) is 1. The van der Waals surface area contributed by atoms with Crippen LogP contribution in [-0.4, -0.2) is 53.9 Å². The Morgan fingerprint density at radius 2 is 1.93 bits per heavy atom. The maximum absolute atomic E-state index is 12.6. The molecule has 148 valence electrons. The van der Waals surface area contributed by atoms with Gasteiger partial charge in [-0.25, -0.2) is 0 Å². The highest BCUT2D eigenvalue weighted by Crippen LogP contribution is 2.33. The molecule has 2 rings (SSSR count). The van der Waals surface area contributed by atoms with Crippen LogP contribution in [0, 0.1) is 0 Å². The standard InChI is InChI=1S/C20H29N3O4/c1-6-22(13-17(24)21-20(3,4)5)18(25)11-12-23-15-9-7-8-10-16(15)27-14(2)19(23)26/h7-10,14H,6,11-13H2,1-5H3,(H,21,24). The smallest absolute Gasteiger partial charge is 0.267 e. The Labute approximate surface area is 160 Å². The monoisotopic (exact) mass is 375 g/mol. The number of nitrogens with zero attached hydrogens (tertiary/aromatic N) is 2. The first-order chi connectivity index (χ1) is 12.6. The number of anilines is 1. The van der Waals surface area contributed by atoms with E-state index in [4.69, 9.17) is 4.74 Å². The van der Waals surface area contributed by atoms with E-state index in [0.717, 1.165) is 0 Å². The minimum absolute atomic E-state index is 0.0106. The van der Waals surface area contributed by atoms with Crippen molar-refractivity contribution in [2.45, 2.75) is 52.7 Å². The fourth-order valence-corrected chi connectivity index (χ4v) is 2.96. The van der Waals surface area contributed by atoms with Gasteiger partial charge in [0.15, 0.2) is 6.10 Å².